The summed E-state index contributed by atoms with van der Waals surface area (Å²) in [6.07, 6.45) is 12.1. The van der Waals surface area contributed by atoms with Crippen LogP contribution >= 0.6 is 0 Å². The van der Waals surface area contributed by atoms with E-state index in [9.17, 15) is 4.79 Å². The van der Waals surface area contributed by atoms with E-state index in [-0.39, 0.29) is 5.91 Å². The Balaban J connectivity index is 3.92. The van der Waals surface area contributed by atoms with Gasteiger partial charge in [-0.15, -0.1) is 0 Å². The second-order valence-electron chi connectivity index (χ2n) is 2.99. The Morgan fingerprint density at radius 3 is 2.60 bits per heavy atom. The zero-order valence-corrected chi connectivity index (χ0v) is 9.49. The van der Waals surface area contributed by atoms with Gasteiger partial charge in [0.2, 0.25) is 5.91 Å². The molecule has 0 radical (unpaired) electrons. The molecule has 0 saturated heterocycles. The van der Waals surface area contributed by atoms with Crippen LogP contribution in [0.5, 0.6) is 0 Å². The summed E-state index contributed by atoms with van der Waals surface area (Å²) < 4.78 is 0. The van der Waals surface area contributed by atoms with Gasteiger partial charge in [-0.3, -0.25) is 4.79 Å². The first-order chi connectivity index (χ1) is 7.24. The van der Waals surface area contributed by atoms with Gasteiger partial charge in [-0.1, -0.05) is 42.5 Å². The highest BCUT2D eigenvalue weighted by atomic mass is 16.1. The van der Waals surface area contributed by atoms with E-state index in [2.05, 4.69) is 11.9 Å². The van der Waals surface area contributed by atoms with Gasteiger partial charge >= 0.3 is 0 Å². The van der Waals surface area contributed by atoms with E-state index in [0.717, 1.165) is 6.42 Å². The molecule has 1 N–H and O–H groups in total. The Labute approximate surface area is 92.1 Å². The van der Waals surface area contributed by atoms with E-state index in [1.807, 2.05) is 44.2 Å². The fourth-order valence-corrected chi connectivity index (χ4v) is 1.02. The molecule has 0 aliphatic heterocycles. The van der Waals surface area contributed by atoms with Crippen molar-refractivity contribution in [2.45, 2.75) is 20.3 Å². The Hall–Kier alpha value is -1.57. The molecule has 2 nitrogen and oxygen atoms in total. The lowest BCUT2D eigenvalue weighted by Crippen LogP contribution is -2.21. The van der Waals surface area contributed by atoms with Crippen LogP contribution in [0.2, 0.25) is 0 Å². The molecular weight excluding hydrogens is 186 g/mol. The van der Waals surface area contributed by atoms with E-state index in [4.69, 9.17) is 0 Å². The topological polar surface area (TPSA) is 29.1 Å². The van der Waals surface area contributed by atoms with Gasteiger partial charge in [-0.2, -0.15) is 0 Å². The van der Waals surface area contributed by atoms with Crippen molar-refractivity contribution in [3.05, 3.63) is 48.6 Å². The number of hydrogen-bond acceptors (Lipinski definition) is 1. The van der Waals surface area contributed by atoms with Gasteiger partial charge < -0.3 is 5.32 Å². The predicted molar refractivity (Wildman–Crippen MR) is 65.5 cm³/mol. The smallest absolute Gasteiger partial charge is 0.243 e. The van der Waals surface area contributed by atoms with Crippen molar-refractivity contribution in [3.8, 4) is 0 Å². The largest absolute Gasteiger partial charge is 0.352 e. The van der Waals surface area contributed by atoms with Gasteiger partial charge in [-0.05, 0) is 26.3 Å². The van der Waals surface area contributed by atoms with Crippen LogP contribution in [-0.2, 0) is 4.79 Å². The maximum Gasteiger partial charge on any atom is 0.243 e. The number of carbonyl (C=O) groups excluding carboxylic acids is 1. The molecule has 0 aromatic rings. The molecule has 0 aromatic carbocycles. The molecule has 0 unspecified atom stereocenters. The fourth-order valence-electron chi connectivity index (χ4n) is 1.02. The monoisotopic (exact) mass is 205 g/mol. The highest BCUT2D eigenvalue weighted by Crippen LogP contribution is 2.02. The predicted octanol–water partition coefficient (Wildman–Crippen LogP) is 2.76. The van der Waals surface area contributed by atoms with Crippen molar-refractivity contribution in [1.82, 2.24) is 5.32 Å². The molecule has 15 heavy (non-hydrogen) atoms. The number of allylic oxidation sites excluding steroid dienone is 5. The lowest BCUT2D eigenvalue weighted by Gasteiger charge is -2.02. The molecule has 2 heteroatoms. The Morgan fingerprint density at radius 1 is 1.33 bits per heavy atom. The summed E-state index contributed by atoms with van der Waals surface area (Å²) in [5, 5.41) is 2.74. The van der Waals surface area contributed by atoms with Gasteiger partial charge in [0, 0.05) is 6.54 Å². The third-order valence-electron chi connectivity index (χ3n) is 1.88. The van der Waals surface area contributed by atoms with E-state index in [1.165, 1.54) is 11.6 Å². The number of amides is 1. The third kappa shape index (κ3) is 7.50. The van der Waals surface area contributed by atoms with E-state index >= 15 is 0 Å². The second-order valence-corrected chi connectivity index (χ2v) is 2.99. The first kappa shape index (κ1) is 13.4. The van der Waals surface area contributed by atoms with Crippen molar-refractivity contribution < 1.29 is 4.79 Å². The molecule has 1 amide bonds. The SMILES string of the molecule is C=CC(=O)NCCC(/C=C\C=C/C)=C/C. The van der Waals surface area contributed by atoms with Crippen molar-refractivity contribution in [2.24, 2.45) is 0 Å². The Kier molecular flexibility index (Phi) is 8.06. The summed E-state index contributed by atoms with van der Waals surface area (Å²) >= 11 is 0. The fraction of sp³-hybridized carbons (Fsp3) is 0.308. The van der Waals surface area contributed by atoms with E-state index in [1.54, 1.807) is 0 Å². The van der Waals surface area contributed by atoms with Crippen LogP contribution in [0.1, 0.15) is 20.3 Å². The summed E-state index contributed by atoms with van der Waals surface area (Å²) in [4.78, 5) is 10.9. The molecule has 0 heterocycles. The molecule has 0 bridgehead atoms. The lowest BCUT2D eigenvalue weighted by molar-refractivity contribution is -0.116. The summed E-state index contributed by atoms with van der Waals surface area (Å²) in [6.45, 7) is 8.00. The molecule has 0 aliphatic rings. The van der Waals surface area contributed by atoms with Crippen LogP contribution in [0.25, 0.3) is 0 Å². The highest BCUT2D eigenvalue weighted by Gasteiger charge is 1.94. The summed E-state index contributed by atoms with van der Waals surface area (Å²) in [6, 6.07) is 0. The van der Waals surface area contributed by atoms with Crippen molar-refractivity contribution in [1.29, 1.82) is 0 Å². The minimum absolute atomic E-state index is 0.122. The standard InChI is InChI=1S/C13H19NO/c1-4-7-8-9-12(5-2)10-11-14-13(15)6-3/h4-9H,3,10-11H2,1-2H3,(H,14,15)/b7-4-,9-8-,12-5+. The zero-order valence-electron chi connectivity index (χ0n) is 9.49. The third-order valence-corrected chi connectivity index (χ3v) is 1.88. The van der Waals surface area contributed by atoms with Crippen LogP contribution in [0.15, 0.2) is 48.6 Å². The van der Waals surface area contributed by atoms with Crippen molar-refractivity contribution in [2.75, 3.05) is 6.54 Å². The quantitative estimate of drug-likeness (QED) is 0.524. The minimum atomic E-state index is -0.122. The minimum Gasteiger partial charge on any atom is -0.352 e. The van der Waals surface area contributed by atoms with Crippen LogP contribution in [0, 0.1) is 0 Å². The first-order valence-electron chi connectivity index (χ1n) is 5.09. The number of hydrogen-bond donors (Lipinski definition) is 1. The number of nitrogens with one attached hydrogen (secondary N) is 1. The summed E-state index contributed by atoms with van der Waals surface area (Å²) in [5.41, 5.74) is 1.21. The lowest BCUT2D eigenvalue weighted by atomic mass is 10.1. The average Bonchev–Trinajstić information content (AvgIpc) is 2.26. The molecule has 0 saturated carbocycles. The molecule has 0 rings (SSSR count). The van der Waals surface area contributed by atoms with Crippen LogP contribution < -0.4 is 5.32 Å². The van der Waals surface area contributed by atoms with Crippen LogP contribution in [0.3, 0.4) is 0 Å². The van der Waals surface area contributed by atoms with E-state index < -0.39 is 0 Å². The molecule has 0 aromatic heterocycles. The van der Waals surface area contributed by atoms with Gasteiger partial charge in [0.1, 0.15) is 0 Å². The molecule has 0 spiro atoms. The van der Waals surface area contributed by atoms with Gasteiger partial charge in [0.25, 0.3) is 0 Å². The van der Waals surface area contributed by atoms with E-state index in [0.29, 0.717) is 6.54 Å². The summed E-state index contributed by atoms with van der Waals surface area (Å²) in [7, 11) is 0. The molecular formula is C13H19NO. The molecule has 0 fully saturated rings. The zero-order chi connectivity index (χ0) is 11.5. The maximum absolute atomic E-state index is 10.9. The van der Waals surface area contributed by atoms with Crippen molar-refractivity contribution >= 4 is 5.91 Å². The molecule has 82 valence electrons. The Bertz CT molecular complexity index is 285. The first-order valence-corrected chi connectivity index (χ1v) is 5.09. The van der Waals surface area contributed by atoms with Crippen LogP contribution in [-0.4, -0.2) is 12.5 Å². The van der Waals surface area contributed by atoms with Crippen LogP contribution in [0.4, 0.5) is 0 Å². The normalized spacial score (nSPS) is 12.3. The number of rotatable bonds is 6. The molecule has 0 aliphatic carbocycles. The highest BCUT2D eigenvalue weighted by molar-refractivity contribution is 5.86. The molecule has 0 atom stereocenters. The number of carbonyl (C=O) groups is 1. The second kappa shape index (κ2) is 9.00. The van der Waals surface area contributed by atoms with Gasteiger partial charge in [0.05, 0.1) is 0 Å². The van der Waals surface area contributed by atoms with Gasteiger partial charge in [0.15, 0.2) is 0 Å². The maximum atomic E-state index is 10.9. The van der Waals surface area contributed by atoms with Gasteiger partial charge in [-0.25, -0.2) is 0 Å². The van der Waals surface area contributed by atoms with Crippen molar-refractivity contribution in [3.63, 3.8) is 0 Å². The average molecular weight is 205 g/mol. The summed E-state index contributed by atoms with van der Waals surface area (Å²) in [5.74, 6) is -0.122. The Morgan fingerprint density at radius 2 is 2.07 bits per heavy atom.